The van der Waals surface area contributed by atoms with Gasteiger partial charge in [-0.3, -0.25) is 4.79 Å². The van der Waals surface area contributed by atoms with Crippen molar-refractivity contribution in [3.05, 3.63) is 94.5 Å². The Morgan fingerprint density at radius 3 is 2.30 bits per heavy atom. The molecule has 27 heavy (non-hydrogen) atoms. The Morgan fingerprint density at radius 2 is 1.59 bits per heavy atom. The summed E-state index contributed by atoms with van der Waals surface area (Å²) in [6, 6.07) is 21.7. The normalized spacial score (nSPS) is 18.5. The number of anilines is 1. The number of rotatable bonds is 4. The Labute approximate surface area is 162 Å². The number of hydrogen-bond acceptors (Lipinski definition) is 3. The predicted octanol–water partition coefficient (Wildman–Crippen LogP) is 4.13. The molecule has 5 heteroatoms. The molecule has 1 N–H and O–H groups in total. The fraction of sp³-hybridized carbons (Fsp3) is 0.136. The zero-order valence-corrected chi connectivity index (χ0v) is 15.5. The molecular formula is C22H18ClNO3. The molecule has 1 atom stereocenters. The molecule has 0 saturated heterocycles. The molecule has 4 rings (SSSR count). The van der Waals surface area contributed by atoms with E-state index in [0.29, 0.717) is 34.1 Å². The molecule has 3 aromatic rings. The fourth-order valence-electron chi connectivity index (χ4n) is 3.57. The third-order valence-electron chi connectivity index (χ3n) is 4.89. The van der Waals surface area contributed by atoms with Gasteiger partial charge in [-0.2, -0.15) is 0 Å². The lowest BCUT2D eigenvalue weighted by Crippen LogP contribution is -2.41. The first kappa shape index (κ1) is 17.6. The zero-order valence-electron chi connectivity index (χ0n) is 14.7. The maximum atomic E-state index is 13.4. The Hall–Kier alpha value is -2.82. The number of fused-ring (bicyclic) bond motifs is 1. The van der Waals surface area contributed by atoms with Gasteiger partial charge in [0.15, 0.2) is 5.60 Å². The molecule has 0 saturated carbocycles. The Balaban J connectivity index is 1.83. The lowest BCUT2D eigenvalue weighted by molar-refractivity contribution is -0.132. The highest BCUT2D eigenvalue weighted by molar-refractivity contribution is 6.30. The molecule has 1 aliphatic heterocycles. The molecule has 0 aliphatic carbocycles. The summed E-state index contributed by atoms with van der Waals surface area (Å²) >= 11 is 5.96. The summed E-state index contributed by atoms with van der Waals surface area (Å²) in [4.78, 5) is 15.0. The molecule has 0 bridgehead atoms. The summed E-state index contributed by atoms with van der Waals surface area (Å²) in [5.74, 6) is 0.0691. The number of ether oxygens (including phenoxy) is 1. The van der Waals surface area contributed by atoms with Crippen molar-refractivity contribution >= 4 is 23.2 Å². The topological polar surface area (TPSA) is 49.8 Å². The Morgan fingerprint density at radius 1 is 0.963 bits per heavy atom. The molecular weight excluding hydrogens is 362 g/mol. The number of aliphatic hydroxyl groups is 1. The molecule has 3 aromatic carbocycles. The largest absolute Gasteiger partial charge is 0.496 e. The van der Waals surface area contributed by atoms with Gasteiger partial charge in [-0.1, -0.05) is 60.1 Å². The second-order valence-electron chi connectivity index (χ2n) is 6.45. The van der Waals surface area contributed by atoms with Crippen molar-refractivity contribution in [2.75, 3.05) is 12.0 Å². The minimum absolute atomic E-state index is 0.338. The summed E-state index contributed by atoms with van der Waals surface area (Å²) in [6.07, 6.45) is 0. The van der Waals surface area contributed by atoms with Crippen molar-refractivity contribution in [2.45, 2.75) is 12.1 Å². The first-order valence-electron chi connectivity index (χ1n) is 8.57. The van der Waals surface area contributed by atoms with E-state index < -0.39 is 11.5 Å². The van der Waals surface area contributed by atoms with E-state index in [1.807, 2.05) is 36.4 Å². The van der Waals surface area contributed by atoms with E-state index in [4.69, 9.17) is 16.3 Å². The third-order valence-corrected chi connectivity index (χ3v) is 5.14. The molecule has 1 heterocycles. The van der Waals surface area contributed by atoms with Crippen molar-refractivity contribution in [2.24, 2.45) is 0 Å². The van der Waals surface area contributed by atoms with Crippen LogP contribution in [0.1, 0.15) is 16.7 Å². The number of nitrogens with zero attached hydrogens (tertiary/aromatic N) is 1. The summed E-state index contributed by atoms with van der Waals surface area (Å²) in [5.41, 5.74) is 0.796. The molecule has 1 unspecified atom stereocenters. The van der Waals surface area contributed by atoms with Crippen LogP contribution < -0.4 is 9.64 Å². The SMILES string of the molecule is COc1ccccc1C1(O)C(=O)N(Cc2ccc(Cl)cc2)c2ccccc21. The number of hydrogen-bond donors (Lipinski definition) is 1. The summed E-state index contributed by atoms with van der Waals surface area (Å²) in [7, 11) is 1.53. The predicted molar refractivity (Wildman–Crippen MR) is 105 cm³/mol. The number of carbonyl (C=O) groups is 1. The van der Waals surface area contributed by atoms with Gasteiger partial charge in [0.25, 0.3) is 5.91 Å². The van der Waals surface area contributed by atoms with E-state index in [-0.39, 0.29) is 0 Å². The van der Waals surface area contributed by atoms with Crippen LogP contribution in [0.3, 0.4) is 0 Å². The van der Waals surface area contributed by atoms with E-state index in [1.54, 1.807) is 41.3 Å². The summed E-state index contributed by atoms with van der Waals surface area (Å²) in [6.45, 7) is 0.338. The van der Waals surface area contributed by atoms with Crippen LogP contribution in [0.15, 0.2) is 72.8 Å². The number of amides is 1. The van der Waals surface area contributed by atoms with Gasteiger partial charge in [0.1, 0.15) is 5.75 Å². The van der Waals surface area contributed by atoms with Crippen LogP contribution in [-0.2, 0) is 16.9 Å². The number of methoxy groups -OCH3 is 1. The number of benzene rings is 3. The van der Waals surface area contributed by atoms with Crippen LogP contribution >= 0.6 is 11.6 Å². The highest BCUT2D eigenvalue weighted by Crippen LogP contribution is 2.47. The van der Waals surface area contributed by atoms with E-state index in [9.17, 15) is 9.90 Å². The highest BCUT2D eigenvalue weighted by Gasteiger charge is 2.52. The van der Waals surface area contributed by atoms with Crippen LogP contribution in [0.5, 0.6) is 5.75 Å². The standard InChI is InChI=1S/C22H18ClNO3/c1-27-20-9-5-3-7-18(20)22(26)17-6-2-4-8-19(17)24(21(22)25)14-15-10-12-16(23)13-11-15/h2-13,26H,14H2,1H3. The lowest BCUT2D eigenvalue weighted by Gasteiger charge is -2.25. The summed E-state index contributed by atoms with van der Waals surface area (Å²) in [5, 5.41) is 12.2. The van der Waals surface area contributed by atoms with Crippen molar-refractivity contribution in [3.63, 3.8) is 0 Å². The monoisotopic (exact) mass is 379 g/mol. The van der Waals surface area contributed by atoms with E-state index in [1.165, 1.54) is 7.11 Å². The quantitative estimate of drug-likeness (QED) is 0.741. The second kappa shape index (κ2) is 6.72. The maximum absolute atomic E-state index is 13.4. The van der Waals surface area contributed by atoms with Crippen molar-refractivity contribution in [1.29, 1.82) is 0 Å². The number of halogens is 1. The third kappa shape index (κ3) is 2.78. The molecule has 0 fully saturated rings. The van der Waals surface area contributed by atoms with E-state index in [0.717, 1.165) is 5.56 Å². The van der Waals surface area contributed by atoms with Crippen molar-refractivity contribution < 1.29 is 14.6 Å². The Bertz CT molecular complexity index is 1000. The number of para-hydroxylation sites is 2. The van der Waals surface area contributed by atoms with Crippen molar-refractivity contribution in [3.8, 4) is 5.75 Å². The fourth-order valence-corrected chi connectivity index (χ4v) is 3.69. The highest BCUT2D eigenvalue weighted by atomic mass is 35.5. The average Bonchev–Trinajstić information content (AvgIpc) is 2.92. The molecule has 136 valence electrons. The van der Waals surface area contributed by atoms with E-state index in [2.05, 4.69) is 0 Å². The van der Waals surface area contributed by atoms with Gasteiger partial charge in [0, 0.05) is 16.1 Å². The molecule has 1 amide bonds. The van der Waals surface area contributed by atoms with Gasteiger partial charge in [-0.15, -0.1) is 0 Å². The van der Waals surface area contributed by atoms with Gasteiger partial charge in [0.2, 0.25) is 0 Å². The van der Waals surface area contributed by atoms with Gasteiger partial charge in [0.05, 0.1) is 19.3 Å². The van der Waals surface area contributed by atoms with E-state index >= 15 is 0 Å². The van der Waals surface area contributed by atoms with Gasteiger partial charge < -0.3 is 14.7 Å². The smallest absolute Gasteiger partial charge is 0.268 e. The Kier molecular flexibility index (Phi) is 4.38. The first-order chi connectivity index (χ1) is 13.1. The maximum Gasteiger partial charge on any atom is 0.268 e. The first-order valence-corrected chi connectivity index (χ1v) is 8.95. The molecule has 0 radical (unpaired) electrons. The molecule has 4 nitrogen and oxygen atoms in total. The van der Waals surface area contributed by atoms with Gasteiger partial charge in [-0.05, 0) is 29.8 Å². The lowest BCUT2D eigenvalue weighted by atomic mass is 9.87. The molecule has 0 spiro atoms. The van der Waals surface area contributed by atoms with Crippen LogP contribution in [-0.4, -0.2) is 18.1 Å². The van der Waals surface area contributed by atoms with Gasteiger partial charge in [-0.25, -0.2) is 0 Å². The van der Waals surface area contributed by atoms with Crippen LogP contribution in [0.4, 0.5) is 5.69 Å². The second-order valence-corrected chi connectivity index (χ2v) is 6.88. The molecule has 0 aromatic heterocycles. The average molecular weight is 380 g/mol. The number of carbonyl (C=O) groups excluding carboxylic acids is 1. The van der Waals surface area contributed by atoms with Crippen LogP contribution in [0, 0.1) is 0 Å². The van der Waals surface area contributed by atoms with Crippen molar-refractivity contribution in [1.82, 2.24) is 0 Å². The van der Waals surface area contributed by atoms with Crippen LogP contribution in [0.25, 0.3) is 0 Å². The minimum Gasteiger partial charge on any atom is -0.496 e. The zero-order chi connectivity index (χ0) is 19.0. The molecule has 1 aliphatic rings. The van der Waals surface area contributed by atoms with Gasteiger partial charge >= 0.3 is 0 Å². The summed E-state index contributed by atoms with van der Waals surface area (Å²) < 4.78 is 5.41. The van der Waals surface area contributed by atoms with Crippen LogP contribution in [0.2, 0.25) is 5.02 Å². The minimum atomic E-state index is -1.80.